The molecule has 0 spiro atoms. The molecule has 2 saturated carbocycles. The molecule has 0 aromatic heterocycles. The molecule has 1 amide bonds. The summed E-state index contributed by atoms with van der Waals surface area (Å²) in [6.07, 6.45) is 10.4. The van der Waals surface area contributed by atoms with E-state index < -0.39 is 5.54 Å². The van der Waals surface area contributed by atoms with Gasteiger partial charge in [-0.05, 0) is 49.9 Å². The Morgan fingerprint density at radius 3 is 2.62 bits per heavy atom. The first kappa shape index (κ1) is 15.3. The summed E-state index contributed by atoms with van der Waals surface area (Å²) in [7, 11) is 0. The van der Waals surface area contributed by atoms with Gasteiger partial charge in [-0.15, -0.1) is 0 Å². The van der Waals surface area contributed by atoms with Crippen LogP contribution >= 0.6 is 0 Å². The van der Waals surface area contributed by atoms with Crippen molar-refractivity contribution < 1.29 is 4.79 Å². The summed E-state index contributed by atoms with van der Waals surface area (Å²) < 4.78 is 0. The van der Waals surface area contributed by atoms with Crippen LogP contribution in [-0.2, 0) is 4.79 Å². The molecule has 2 N–H and O–H groups in total. The Labute approximate surface area is 129 Å². The maximum absolute atomic E-state index is 13.2. The Kier molecular flexibility index (Phi) is 4.31. The van der Waals surface area contributed by atoms with E-state index in [9.17, 15) is 4.79 Å². The van der Waals surface area contributed by atoms with Crippen LogP contribution in [0.25, 0.3) is 0 Å². The summed E-state index contributed by atoms with van der Waals surface area (Å²) in [6.45, 7) is 5.57. The number of nitrogens with two attached hydrogens (primary N) is 1. The summed E-state index contributed by atoms with van der Waals surface area (Å²) in [6, 6.07) is 0.479. The Morgan fingerprint density at radius 1 is 1.10 bits per heavy atom. The van der Waals surface area contributed by atoms with Gasteiger partial charge >= 0.3 is 0 Å². The van der Waals surface area contributed by atoms with Gasteiger partial charge < -0.3 is 10.6 Å². The first-order valence-corrected chi connectivity index (χ1v) is 9.11. The maximum atomic E-state index is 13.2. The molecule has 0 radical (unpaired) electrons. The number of rotatable bonds is 1. The van der Waals surface area contributed by atoms with Crippen LogP contribution in [0.1, 0.15) is 71.6 Å². The fraction of sp³-hybridized carbons (Fsp3) is 0.944. The molecule has 3 aliphatic rings. The van der Waals surface area contributed by atoms with Gasteiger partial charge in [-0.25, -0.2) is 0 Å². The average Bonchev–Trinajstić information content (AvgIpc) is 2.47. The van der Waals surface area contributed by atoms with Gasteiger partial charge in [0.05, 0.1) is 5.54 Å². The zero-order chi connectivity index (χ0) is 15.0. The Hall–Kier alpha value is -0.570. The van der Waals surface area contributed by atoms with Crippen molar-refractivity contribution >= 4 is 5.91 Å². The molecule has 0 aromatic rings. The molecule has 3 nitrogen and oxygen atoms in total. The molecule has 0 bridgehead atoms. The molecule has 3 fully saturated rings. The third kappa shape index (κ3) is 2.86. The Balaban J connectivity index is 1.76. The number of amides is 1. The molecular weight excluding hydrogens is 260 g/mol. The van der Waals surface area contributed by atoms with Gasteiger partial charge in [0.1, 0.15) is 0 Å². The quantitative estimate of drug-likeness (QED) is 0.806. The fourth-order valence-corrected chi connectivity index (χ4v) is 5.24. The summed E-state index contributed by atoms with van der Waals surface area (Å²) >= 11 is 0. The number of nitrogens with zero attached hydrogens (tertiary/aromatic N) is 1. The second-order valence-electron chi connectivity index (χ2n) is 8.14. The molecular formula is C18H32N2O. The maximum Gasteiger partial charge on any atom is 0.242 e. The summed E-state index contributed by atoms with van der Waals surface area (Å²) in [5.74, 6) is 2.37. The molecule has 120 valence electrons. The van der Waals surface area contributed by atoms with Crippen molar-refractivity contribution in [2.45, 2.75) is 83.2 Å². The van der Waals surface area contributed by atoms with E-state index in [2.05, 4.69) is 18.7 Å². The van der Waals surface area contributed by atoms with Crippen LogP contribution in [-0.4, -0.2) is 28.9 Å². The Morgan fingerprint density at radius 2 is 1.86 bits per heavy atom. The van der Waals surface area contributed by atoms with E-state index in [0.717, 1.165) is 37.6 Å². The van der Waals surface area contributed by atoms with Crippen LogP contribution in [0.15, 0.2) is 0 Å². The van der Waals surface area contributed by atoms with Crippen molar-refractivity contribution in [1.29, 1.82) is 0 Å². The molecule has 3 rings (SSSR count). The molecule has 21 heavy (non-hydrogen) atoms. The van der Waals surface area contributed by atoms with Crippen molar-refractivity contribution in [3.05, 3.63) is 0 Å². The third-order valence-corrected chi connectivity index (χ3v) is 6.46. The lowest BCUT2D eigenvalue weighted by atomic mass is 9.70. The van der Waals surface area contributed by atoms with E-state index in [-0.39, 0.29) is 5.91 Å². The number of hydrogen-bond acceptors (Lipinski definition) is 2. The Bertz CT molecular complexity index is 397. The van der Waals surface area contributed by atoms with E-state index in [1.54, 1.807) is 0 Å². The SMILES string of the molecule is CC1CCCC(N)(C(=O)N2CCC(C)C3CCCCC32)C1. The number of piperidine rings is 1. The molecule has 2 aliphatic carbocycles. The smallest absolute Gasteiger partial charge is 0.242 e. The molecule has 1 aliphatic heterocycles. The van der Waals surface area contributed by atoms with Gasteiger partial charge in [0, 0.05) is 12.6 Å². The molecule has 3 heteroatoms. The number of carbonyl (C=O) groups is 1. The summed E-state index contributed by atoms with van der Waals surface area (Å²) in [5.41, 5.74) is 6.02. The lowest BCUT2D eigenvalue weighted by Crippen LogP contribution is -2.63. The second-order valence-corrected chi connectivity index (χ2v) is 8.14. The van der Waals surface area contributed by atoms with Crippen LogP contribution in [0, 0.1) is 17.8 Å². The van der Waals surface area contributed by atoms with Crippen LogP contribution in [0.2, 0.25) is 0 Å². The van der Waals surface area contributed by atoms with Crippen molar-refractivity contribution in [3.8, 4) is 0 Å². The number of hydrogen-bond donors (Lipinski definition) is 1. The van der Waals surface area contributed by atoms with Gasteiger partial charge in [0.2, 0.25) is 5.91 Å². The monoisotopic (exact) mass is 292 g/mol. The van der Waals surface area contributed by atoms with Gasteiger partial charge in [0.25, 0.3) is 0 Å². The predicted molar refractivity (Wildman–Crippen MR) is 85.8 cm³/mol. The minimum Gasteiger partial charge on any atom is -0.338 e. The minimum absolute atomic E-state index is 0.276. The van der Waals surface area contributed by atoms with E-state index in [1.165, 1.54) is 38.5 Å². The summed E-state index contributed by atoms with van der Waals surface area (Å²) in [4.78, 5) is 15.4. The van der Waals surface area contributed by atoms with Crippen LogP contribution in [0.4, 0.5) is 0 Å². The largest absolute Gasteiger partial charge is 0.338 e. The standard InChI is InChI=1S/C18H32N2O/c1-13-6-5-10-18(19,12-13)17(21)20-11-9-14(2)15-7-3-4-8-16(15)20/h13-16H,3-12,19H2,1-2H3. The highest BCUT2D eigenvalue weighted by atomic mass is 16.2. The highest BCUT2D eigenvalue weighted by Crippen LogP contribution is 2.41. The second kappa shape index (κ2) is 5.91. The zero-order valence-electron chi connectivity index (χ0n) is 13.8. The average molecular weight is 292 g/mol. The van der Waals surface area contributed by atoms with E-state index in [1.807, 2.05) is 0 Å². The number of likely N-dealkylation sites (tertiary alicyclic amines) is 1. The molecule has 0 aromatic carbocycles. The van der Waals surface area contributed by atoms with Crippen molar-refractivity contribution in [2.24, 2.45) is 23.5 Å². The zero-order valence-corrected chi connectivity index (χ0v) is 13.8. The normalized spacial score (nSPS) is 44.2. The van der Waals surface area contributed by atoms with Gasteiger partial charge in [0.15, 0.2) is 0 Å². The molecule has 1 saturated heterocycles. The molecule has 1 heterocycles. The van der Waals surface area contributed by atoms with Crippen LogP contribution in [0.5, 0.6) is 0 Å². The number of carbonyl (C=O) groups excluding carboxylic acids is 1. The fourth-order valence-electron chi connectivity index (χ4n) is 5.24. The van der Waals surface area contributed by atoms with Gasteiger partial charge in [-0.2, -0.15) is 0 Å². The van der Waals surface area contributed by atoms with E-state index in [4.69, 9.17) is 5.73 Å². The third-order valence-electron chi connectivity index (χ3n) is 6.46. The lowest BCUT2D eigenvalue weighted by molar-refractivity contribution is -0.146. The van der Waals surface area contributed by atoms with Crippen molar-refractivity contribution in [1.82, 2.24) is 4.90 Å². The first-order valence-electron chi connectivity index (χ1n) is 9.11. The van der Waals surface area contributed by atoms with Crippen molar-refractivity contribution in [3.63, 3.8) is 0 Å². The van der Waals surface area contributed by atoms with E-state index in [0.29, 0.717) is 12.0 Å². The van der Waals surface area contributed by atoms with Crippen molar-refractivity contribution in [2.75, 3.05) is 6.54 Å². The lowest BCUT2D eigenvalue weighted by Gasteiger charge is -2.50. The highest BCUT2D eigenvalue weighted by molar-refractivity contribution is 5.86. The van der Waals surface area contributed by atoms with Gasteiger partial charge in [-0.3, -0.25) is 4.79 Å². The molecule has 5 atom stereocenters. The number of fused-ring (bicyclic) bond motifs is 1. The minimum atomic E-state index is -0.569. The van der Waals surface area contributed by atoms with E-state index >= 15 is 0 Å². The van der Waals surface area contributed by atoms with Crippen LogP contribution in [0.3, 0.4) is 0 Å². The first-order chi connectivity index (χ1) is 10.0. The highest BCUT2D eigenvalue weighted by Gasteiger charge is 2.46. The predicted octanol–water partition coefficient (Wildman–Crippen LogP) is 3.32. The molecule has 5 unspecified atom stereocenters. The van der Waals surface area contributed by atoms with Gasteiger partial charge in [-0.1, -0.05) is 39.5 Å². The summed E-state index contributed by atoms with van der Waals surface area (Å²) in [5, 5.41) is 0. The topological polar surface area (TPSA) is 46.3 Å². The van der Waals surface area contributed by atoms with Crippen LogP contribution < -0.4 is 5.73 Å².